The molecule has 1 unspecified atom stereocenters. The van der Waals surface area contributed by atoms with E-state index in [0.29, 0.717) is 17.7 Å². The number of nitrogens with one attached hydrogen (secondary N) is 1. The third-order valence-electron chi connectivity index (χ3n) is 3.48. The van der Waals surface area contributed by atoms with E-state index in [0.717, 1.165) is 19.5 Å². The van der Waals surface area contributed by atoms with E-state index in [2.05, 4.69) is 20.1 Å². The lowest BCUT2D eigenvalue weighted by molar-refractivity contribution is -0.384. The van der Waals surface area contributed by atoms with Gasteiger partial charge in [0.1, 0.15) is 11.6 Å². The molecule has 1 fully saturated rings. The van der Waals surface area contributed by atoms with Crippen LogP contribution in [0.4, 0.5) is 17.3 Å². The fourth-order valence-corrected chi connectivity index (χ4v) is 2.27. The van der Waals surface area contributed by atoms with E-state index in [1.807, 2.05) is 14.1 Å². The highest BCUT2D eigenvalue weighted by Crippen LogP contribution is 2.26. The Hall–Kier alpha value is -1.89. The maximum Gasteiger partial charge on any atom is 0.276 e. The zero-order chi connectivity index (χ0) is 14.0. The molecule has 0 saturated carbocycles. The third-order valence-corrected chi connectivity index (χ3v) is 3.48. The van der Waals surface area contributed by atoms with Gasteiger partial charge in [-0.2, -0.15) is 0 Å². The smallest absolute Gasteiger partial charge is 0.276 e. The lowest BCUT2D eigenvalue weighted by atomic mass is 10.2. The highest BCUT2D eigenvalue weighted by atomic mass is 16.6. The molecule has 1 aliphatic heterocycles. The summed E-state index contributed by atoms with van der Waals surface area (Å²) in [6.45, 7) is 1.73. The topological polar surface area (TPSA) is 74.5 Å². The van der Waals surface area contributed by atoms with Crippen molar-refractivity contribution < 1.29 is 4.92 Å². The molecule has 2 heterocycles. The van der Waals surface area contributed by atoms with E-state index < -0.39 is 0 Å². The highest BCUT2D eigenvalue weighted by molar-refractivity contribution is 5.56. The lowest BCUT2D eigenvalue weighted by Gasteiger charge is -2.21. The van der Waals surface area contributed by atoms with Crippen molar-refractivity contribution in [2.24, 2.45) is 0 Å². The van der Waals surface area contributed by atoms with Crippen molar-refractivity contribution in [3.05, 3.63) is 22.2 Å². The number of nitrogens with zero attached hydrogens (tertiary/aromatic N) is 4. The average Bonchev–Trinajstić information content (AvgIpc) is 2.87. The molecule has 7 nitrogen and oxygen atoms in total. The van der Waals surface area contributed by atoms with Gasteiger partial charge in [0.05, 0.1) is 17.1 Å². The second kappa shape index (κ2) is 5.40. The molecule has 1 N–H and O–H groups in total. The summed E-state index contributed by atoms with van der Waals surface area (Å²) in [6.07, 6.45) is 1.05. The summed E-state index contributed by atoms with van der Waals surface area (Å²) in [6, 6.07) is 3.46. The maximum atomic E-state index is 10.9. The van der Waals surface area contributed by atoms with Crippen molar-refractivity contribution in [1.29, 1.82) is 0 Å². The van der Waals surface area contributed by atoms with Crippen molar-refractivity contribution in [2.75, 3.05) is 44.4 Å². The van der Waals surface area contributed by atoms with E-state index in [1.54, 1.807) is 13.1 Å². The van der Waals surface area contributed by atoms with E-state index >= 15 is 0 Å². The minimum Gasteiger partial charge on any atom is -0.373 e. The molecule has 0 aliphatic carbocycles. The Kier molecular flexibility index (Phi) is 3.84. The molecular weight excluding hydrogens is 246 g/mol. The summed E-state index contributed by atoms with van der Waals surface area (Å²) in [5.41, 5.74) is 0.0719. The molecule has 104 valence electrons. The van der Waals surface area contributed by atoms with Crippen LogP contribution in [0.15, 0.2) is 12.1 Å². The van der Waals surface area contributed by atoms with Gasteiger partial charge in [-0.05, 0) is 20.5 Å². The lowest BCUT2D eigenvalue weighted by Crippen LogP contribution is -2.31. The minimum atomic E-state index is -0.383. The first-order valence-corrected chi connectivity index (χ1v) is 6.27. The molecule has 0 amide bonds. The quantitative estimate of drug-likeness (QED) is 0.650. The van der Waals surface area contributed by atoms with Gasteiger partial charge >= 0.3 is 0 Å². The normalized spacial score (nSPS) is 18.9. The van der Waals surface area contributed by atoms with Crippen molar-refractivity contribution in [3.8, 4) is 0 Å². The SMILES string of the molecule is CNc1cc([N+](=O)[O-])cc(N2CCC(N(C)C)C2)n1. The zero-order valence-corrected chi connectivity index (χ0v) is 11.5. The monoisotopic (exact) mass is 265 g/mol. The fraction of sp³-hybridized carbons (Fsp3) is 0.583. The highest BCUT2D eigenvalue weighted by Gasteiger charge is 2.26. The van der Waals surface area contributed by atoms with E-state index in [-0.39, 0.29) is 10.6 Å². The van der Waals surface area contributed by atoms with Gasteiger partial charge in [0.2, 0.25) is 0 Å². The van der Waals surface area contributed by atoms with Crippen LogP contribution in [0.3, 0.4) is 0 Å². The first kappa shape index (κ1) is 13.5. The Balaban J connectivity index is 2.25. The fourth-order valence-electron chi connectivity index (χ4n) is 2.27. The summed E-state index contributed by atoms with van der Waals surface area (Å²) in [7, 11) is 5.81. The summed E-state index contributed by atoms with van der Waals surface area (Å²) in [4.78, 5) is 19.2. The van der Waals surface area contributed by atoms with Gasteiger partial charge in [-0.1, -0.05) is 0 Å². The van der Waals surface area contributed by atoms with Crippen LogP contribution >= 0.6 is 0 Å². The molecule has 1 aliphatic rings. The summed E-state index contributed by atoms with van der Waals surface area (Å²) >= 11 is 0. The molecule has 0 spiro atoms. The van der Waals surface area contributed by atoms with Gasteiger partial charge in [-0.15, -0.1) is 0 Å². The molecule has 1 aromatic rings. The predicted octanol–water partition coefficient (Wildman–Crippen LogP) is 1.17. The van der Waals surface area contributed by atoms with E-state index in [9.17, 15) is 10.1 Å². The van der Waals surface area contributed by atoms with Gasteiger partial charge in [0, 0.05) is 26.2 Å². The van der Waals surface area contributed by atoms with Gasteiger partial charge in [0.15, 0.2) is 0 Å². The number of pyridine rings is 1. The van der Waals surface area contributed by atoms with Crippen LogP contribution in [-0.4, -0.2) is 55.1 Å². The first-order valence-electron chi connectivity index (χ1n) is 6.27. The molecule has 1 atom stereocenters. The van der Waals surface area contributed by atoms with Crippen LogP contribution in [0.5, 0.6) is 0 Å². The van der Waals surface area contributed by atoms with Crippen molar-refractivity contribution >= 4 is 17.3 Å². The Labute approximate surface area is 112 Å². The molecule has 19 heavy (non-hydrogen) atoms. The second-order valence-electron chi connectivity index (χ2n) is 4.93. The number of likely N-dealkylation sites (N-methyl/N-ethyl adjacent to an activating group) is 1. The van der Waals surface area contributed by atoms with Crippen LogP contribution in [0.25, 0.3) is 0 Å². The third kappa shape index (κ3) is 2.93. The molecule has 1 aromatic heterocycles. The standard InChI is InChI=1S/C12H19N5O2/c1-13-11-6-10(17(18)19)7-12(14-11)16-5-4-9(8-16)15(2)3/h6-7,9H,4-5,8H2,1-3H3,(H,13,14). The second-order valence-corrected chi connectivity index (χ2v) is 4.93. The van der Waals surface area contributed by atoms with Crippen molar-refractivity contribution in [3.63, 3.8) is 0 Å². The van der Waals surface area contributed by atoms with Crippen LogP contribution in [-0.2, 0) is 0 Å². The van der Waals surface area contributed by atoms with Crippen LogP contribution < -0.4 is 10.2 Å². The largest absolute Gasteiger partial charge is 0.373 e. The molecule has 0 aromatic carbocycles. The molecule has 1 saturated heterocycles. The van der Waals surface area contributed by atoms with E-state index in [1.165, 1.54) is 6.07 Å². The molecule has 7 heteroatoms. The number of hydrogen-bond acceptors (Lipinski definition) is 6. The summed E-state index contributed by atoms with van der Waals surface area (Å²) in [5.74, 6) is 1.19. The zero-order valence-electron chi connectivity index (χ0n) is 11.5. The van der Waals surface area contributed by atoms with Gasteiger partial charge in [-0.3, -0.25) is 10.1 Å². The number of nitro groups is 1. The molecule has 0 bridgehead atoms. The Morgan fingerprint density at radius 2 is 2.26 bits per heavy atom. The Bertz CT molecular complexity index is 477. The van der Waals surface area contributed by atoms with Gasteiger partial charge < -0.3 is 15.1 Å². The molecule has 2 rings (SSSR count). The first-order chi connectivity index (χ1) is 9.01. The van der Waals surface area contributed by atoms with Crippen LogP contribution in [0.2, 0.25) is 0 Å². The molecular formula is C12H19N5O2. The van der Waals surface area contributed by atoms with Crippen molar-refractivity contribution in [2.45, 2.75) is 12.5 Å². The predicted molar refractivity (Wildman–Crippen MR) is 74.7 cm³/mol. The van der Waals surface area contributed by atoms with Crippen molar-refractivity contribution in [1.82, 2.24) is 9.88 Å². The molecule has 0 radical (unpaired) electrons. The Morgan fingerprint density at radius 3 is 2.79 bits per heavy atom. The summed E-state index contributed by atoms with van der Waals surface area (Å²) in [5, 5.41) is 13.8. The van der Waals surface area contributed by atoms with Gasteiger partial charge in [-0.25, -0.2) is 4.98 Å². The number of aromatic nitrogens is 1. The van der Waals surface area contributed by atoms with Crippen LogP contribution in [0, 0.1) is 10.1 Å². The van der Waals surface area contributed by atoms with Crippen LogP contribution in [0.1, 0.15) is 6.42 Å². The number of hydrogen-bond donors (Lipinski definition) is 1. The van der Waals surface area contributed by atoms with Gasteiger partial charge in [0.25, 0.3) is 5.69 Å². The average molecular weight is 265 g/mol. The number of anilines is 2. The Morgan fingerprint density at radius 1 is 1.53 bits per heavy atom. The number of rotatable bonds is 4. The minimum absolute atomic E-state index is 0.0719. The maximum absolute atomic E-state index is 10.9. The summed E-state index contributed by atoms with van der Waals surface area (Å²) < 4.78 is 0. The van der Waals surface area contributed by atoms with E-state index in [4.69, 9.17) is 0 Å².